The van der Waals surface area contributed by atoms with Crippen molar-refractivity contribution in [2.45, 2.75) is 13.3 Å². The van der Waals surface area contributed by atoms with Crippen molar-refractivity contribution in [3.63, 3.8) is 0 Å². The summed E-state index contributed by atoms with van der Waals surface area (Å²) in [6, 6.07) is 23.1. The quantitative estimate of drug-likeness (QED) is 0.357. The van der Waals surface area contributed by atoms with Crippen molar-refractivity contribution in [3.8, 4) is 11.3 Å². The van der Waals surface area contributed by atoms with Gasteiger partial charge in [0.2, 0.25) is 0 Å². The fourth-order valence-electron chi connectivity index (χ4n) is 3.54. The van der Waals surface area contributed by atoms with E-state index >= 15 is 0 Å². The molecule has 1 heterocycles. The maximum atomic E-state index is 13.0. The molecule has 0 spiro atoms. The Morgan fingerprint density at radius 2 is 1.56 bits per heavy atom. The number of carboxylic acid groups (broad SMARTS) is 1. The summed E-state index contributed by atoms with van der Waals surface area (Å²) < 4.78 is 5.80. The molecule has 0 saturated heterocycles. The van der Waals surface area contributed by atoms with E-state index in [1.165, 1.54) is 0 Å². The van der Waals surface area contributed by atoms with Gasteiger partial charge in [-0.25, -0.2) is 4.79 Å². The predicted octanol–water partition coefficient (Wildman–Crippen LogP) is 6.45. The lowest BCUT2D eigenvalue weighted by Crippen LogP contribution is -2.14. The number of amides is 1. The van der Waals surface area contributed by atoms with Crippen LogP contribution in [-0.4, -0.2) is 17.0 Å². The molecule has 32 heavy (non-hydrogen) atoms. The molecule has 6 heteroatoms. The van der Waals surface area contributed by atoms with Crippen molar-refractivity contribution in [3.05, 3.63) is 112 Å². The number of carbonyl (C=O) groups excluding carboxylic acids is 1. The minimum Gasteiger partial charge on any atom is -0.478 e. The SMILES string of the molecule is Cc1oc(-c2ccc(Cl)cc2)cc1C(=O)Nc1ccccc1Cc1ccccc1C(=O)O. The standard InChI is InChI=1S/C26H20ClNO4/c1-16-22(15-24(32-16)17-10-12-20(27)13-11-17)25(29)28-23-9-5-3-7-19(23)14-18-6-2-4-8-21(18)26(30)31/h2-13,15H,14H2,1H3,(H,28,29)(H,30,31). The summed E-state index contributed by atoms with van der Waals surface area (Å²) in [7, 11) is 0. The molecule has 4 aromatic rings. The van der Waals surface area contributed by atoms with E-state index in [2.05, 4.69) is 5.32 Å². The maximum absolute atomic E-state index is 13.0. The molecule has 0 atom stereocenters. The van der Waals surface area contributed by atoms with Crippen molar-refractivity contribution in [1.82, 2.24) is 0 Å². The Morgan fingerprint density at radius 3 is 2.28 bits per heavy atom. The van der Waals surface area contributed by atoms with Gasteiger partial charge in [0.1, 0.15) is 11.5 Å². The van der Waals surface area contributed by atoms with Crippen LogP contribution < -0.4 is 5.32 Å². The summed E-state index contributed by atoms with van der Waals surface area (Å²) >= 11 is 5.95. The molecule has 0 aliphatic rings. The van der Waals surface area contributed by atoms with Crippen LogP contribution in [-0.2, 0) is 6.42 Å². The van der Waals surface area contributed by atoms with Gasteiger partial charge in [0, 0.05) is 22.7 Å². The summed E-state index contributed by atoms with van der Waals surface area (Å²) in [5.74, 6) is -0.203. The summed E-state index contributed by atoms with van der Waals surface area (Å²) in [5, 5.41) is 13.0. The highest BCUT2D eigenvalue weighted by Crippen LogP contribution is 2.28. The second kappa shape index (κ2) is 9.12. The zero-order chi connectivity index (χ0) is 22.7. The van der Waals surface area contributed by atoms with Crippen molar-refractivity contribution >= 4 is 29.2 Å². The summed E-state index contributed by atoms with van der Waals surface area (Å²) in [6.07, 6.45) is 0.374. The topological polar surface area (TPSA) is 79.5 Å². The van der Waals surface area contributed by atoms with E-state index in [-0.39, 0.29) is 11.5 Å². The molecule has 0 aliphatic heterocycles. The Bertz CT molecular complexity index is 1290. The molecule has 0 bridgehead atoms. The van der Waals surface area contributed by atoms with E-state index < -0.39 is 5.97 Å². The van der Waals surface area contributed by atoms with Crippen molar-refractivity contribution < 1.29 is 19.1 Å². The number of nitrogens with one attached hydrogen (secondary N) is 1. The highest BCUT2D eigenvalue weighted by Gasteiger charge is 2.18. The van der Waals surface area contributed by atoms with Gasteiger partial charge in [-0.05, 0) is 60.5 Å². The molecule has 1 aromatic heterocycles. The number of carboxylic acids is 1. The normalized spacial score (nSPS) is 10.7. The second-order valence-corrected chi connectivity index (χ2v) is 7.77. The van der Waals surface area contributed by atoms with E-state index in [1.807, 2.05) is 30.3 Å². The van der Waals surface area contributed by atoms with Crippen LogP contribution in [0.2, 0.25) is 5.02 Å². The molecule has 160 valence electrons. The molecule has 0 unspecified atom stereocenters. The monoisotopic (exact) mass is 445 g/mol. The van der Waals surface area contributed by atoms with E-state index in [4.69, 9.17) is 16.0 Å². The molecule has 3 aromatic carbocycles. The van der Waals surface area contributed by atoms with Gasteiger partial charge >= 0.3 is 5.97 Å². The Balaban J connectivity index is 1.59. The van der Waals surface area contributed by atoms with Gasteiger partial charge in [-0.15, -0.1) is 0 Å². The minimum atomic E-state index is -0.981. The van der Waals surface area contributed by atoms with Crippen molar-refractivity contribution in [1.29, 1.82) is 0 Å². The fourth-order valence-corrected chi connectivity index (χ4v) is 3.66. The number of furan rings is 1. The minimum absolute atomic E-state index is 0.243. The van der Waals surface area contributed by atoms with Gasteiger partial charge < -0.3 is 14.8 Å². The Hall–Kier alpha value is -3.83. The van der Waals surface area contributed by atoms with Crippen LogP contribution in [0.15, 0.2) is 83.3 Å². The molecule has 4 rings (SSSR count). The van der Waals surface area contributed by atoms with Gasteiger partial charge in [-0.1, -0.05) is 48.0 Å². The van der Waals surface area contributed by atoms with Crippen LogP contribution in [0.3, 0.4) is 0 Å². The highest BCUT2D eigenvalue weighted by atomic mass is 35.5. The maximum Gasteiger partial charge on any atom is 0.335 e. The molecular formula is C26H20ClNO4. The summed E-state index contributed by atoms with van der Waals surface area (Å²) in [4.78, 5) is 24.6. The number of halogens is 1. The van der Waals surface area contributed by atoms with Crippen LogP contribution in [0, 0.1) is 6.92 Å². The van der Waals surface area contributed by atoms with Crippen molar-refractivity contribution in [2.75, 3.05) is 5.32 Å². The zero-order valence-corrected chi connectivity index (χ0v) is 18.0. The van der Waals surface area contributed by atoms with Gasteiger partial charge in [-0.3, -0.25) is 4.79 Å². The Labute approximate surface area is 190 Å². The number of hydrogen-bond acceptors (Lipinski definition) is 3. The molecule has 0 aliphatic carbocycles. The van der Waals surface area contributed by atoms with Gasteiger partial charge in [0.25, 0.3) is 5.91 Å². The Morgan fingerprint density at radius 1 is 0.906 bits per heavy atom. The van der Waals surface area contributed by atoms with Crippen LogP contribution in [0.4, 0.5) is 5.69 Å². The molecule has 5 nitrogen and oxygen atoms in total. The molecular weight excluding hydrogens is 426 g/mol. The first-order valence-electron chi connectivity index (χ1n) is 9.99. The zero-order valence-electron chi connectivity index (χ0n) is 17.3. The third-order valence-electron chi connectivity index (χ3n) is 5.19. The first kappa shape index (κ1) is 21.4. The van der Waals surface area contributed by atoms with E-state index in [0.29, 0.717) is 39.8 Å². The van der Waals surface area contributed by atoms with Crippen LogP contribution in [0.1, 0.15) is 37.6 Å². The number of benzene rings is 3. The number of carbonyl (C=O) groups is 2. The smallest absolute Gasteiger partial charge is 0.335 e. The number of rotatable bonds is 6. The van der Waals surface area contributed by atoms with Crippen LogP contribution >= 0.6 is 11.6 Å². The Kier molecular flexibility index (Phi) is 6.10. The lowest BCUT2D eigenvalue weighted by Gasteiger charge is -2.12. The number of hydrogen-bond donors (Lipinski definition) is 2. The van der Waals surface area contributed by atoms with E-state index in [9.17, 15) is 14.7 Å². The molecule has 1 amide bonds. The van der Waals surface area contributed by atoms with Crippen LogP contribution in [0.5, 0.6) is 0 Å². The number of aryl methyl sites for hydroxylation is 1. The summed E-state index contributed by atoms with van der Waals surface area (Å²) in [5.41, 5.74) is 3.59. The number of para-hydroxylation sites is 1. The third kappa shape index (κ3) is 4.58. The summed E-state index contributed by atoms with van der Waals surface area (Å²) in [6.45, 7) is 1.74. The highest BCUT2D eigenvalue weighted by molar-refractivity contribution is 6.30. The average Bonchev–Trinajstić information content (AvgIpc) is 3.17. The lowest BCUT2D eigenvalue weighted by atomic mass is 9.98. The fraction of sp³-hybridized carbons (Fsp3) is 0.0769. The first-order chi connectivity index (χ1) is 15.4. The van der Waals surface area contributed by atoms with Crippen LogP contribution in [0.25, 0.3) is 11.3 Å². The average molecular weight is 446 g/mol. The van der Waals surface area contributed by atoms with Crippen molar-refractivity contribution in [2.24, 2.45) is 0 Å². The van der Waals surface area contributed by atoms with E-state index in [0.717, 1.165) is 11.1 Å². The lowest BCUT2D eigenvalue weighted by molar-refractivity contribution is 0.0695. The number of aromatic carboxylic acids is 1. The third-order valence-corrected chi connectivity index (χ3v) is 5.44. The molecule has 0 saturated carbocycles. The predicted molar refractivity (Wildman–Crippen MR) is 124 cm³/mol. The largest absolute Gasteiger partial charge is 0.478 e. The first-order valence-corrected chi connectivity index (χ1v) is 10.4. The molecule has 2 N–H and O–H groups in total. The molecule has 0 radical (unpaired) electrons. The second-order valence-electron chi connectivity index (χ2n) is 7.34. The van der Waals surface area contributed by atoms with Gasteiger partial charge in [-0.2, -0.15) is 0 Å². The molecule has 0 fully saturated rings. The van der Waals surface area contributed by atoms with E-state index in [1.54, 1.807) is 55.5 Å². The van der Waals surface area contributed by atoms with Gasteiger partial charge in [0.15, 0.2) is 0 Å². The number of anilines is 1. The van der Waals surface area contributed by atoms with Gasteiger partial charge in [0.05, 0.1) is 11.1 Å².